The molecule has 0 N–H and O–H groups in total. The summed E-state index contributed by atoms with van der Waals surface area (Å²) in [6, 6.07) is 0. The third kappa shape index (κ3) is 2.70. The van der Waals surface area contributed by atoms with Crippen LogP contribution in [0.4, 0.5) is 0 Å². The zero-order valence-corrected chi connectivity index (χ0v) is 11.4. The molecule has 0 radical (unpaired) electrons. The Labute approximate surface area is 109 Å². The number of hydrogen-bond donors (Lipinski definition) is 0. The first-order valence-corrected chi connectivity index (χ1v) is 8.64. The maximum atomic E-state index is 11.3. The standard InChI is InChI=1S/C10H14N2O4S2/c13-18(14)5-3-7(6-18)17-10-12-11-9(16-10)8-2-1-4-15-8/h7-8H,1-6H2. The van der Waals surface area contributed by atoms with Gasteiger partial charge in [0.15, 0.2) is 9.84 Å². The molecule has 8 heteroatoms. The molecular weight excluding hydrogens is 276 g/mol. The molecule has 1 aromatic heterocycles. The highest BCUT2D eigenvalue weighted by Gasteiger charge is 2.31. The van der Waals surface area contributed by atoms with Crippen molar-refractivity contribution in [3.8, 4) is 0 Å². The van der Waals surface area contributed by atoms with Gasteiger partial charge in [-0.1, -0.05) is 11.8 Å². The van der Waals surface area contributed by atoms with Gasteiger partial charge in [0.25, 0.3) is 5.22 Å². The predicted octanol–water partition coefficient (Wildman–Crippen LogP) is 1.20. The van der Waals surface area contributed by atoms with E-state index < -0.39 is 9.84 Å². The first kappa shape index (κ1) is 12.4. The van der Waals surface area contributed by atoms with Crippen LogP contribution in [-0.2, 0) is 14.6 Å². The van der Waals surface area contributed by atoms with Crippen LogP contribution in [0.25, 0.3) is 0 Å². The van der Waals surface area contributed by atoms with Gasteiger partial charge in [0.05, 0.1) is 11.5 Å². The summed E-state index contributed by atoms with van der Waals surface area (Å²) in [5.41, 5.74) is 0. The lowest BCUT2D eigenvalue weighted by molar-refractivity contribution is 0.0861. The van der Waals surface area contributed by atoms with Gasteiger partial charge in [0, 0.05) is 11.9 Å². The zero-order chi connectivity index (χ0) is 12.6. The van der Waals surface area contributed by atoms with Crippen LogP contribution in [0.2, 0.25) is 0 Å². The smallest absolute Gasteiger partial charge is 0.276 e. The summed E-state index contributed by atoms with van der Waals surface area (Å²) in [4.78, 5) is 0. The number of aromatic nitrogens is 2. The van der Waals surface area contributed by atoms with Crippen LogP contribution >= 0.6 is 11.8 Å². The van der Waals surface area contributed by atoms with Gasteiger partial charge >= 0.3 is 0 Å². The Morgan fingerprint density at radius 1 is 1.28 bits per heavy atom. The normalized spacial score (nSPS) is 30.9. The van der Waals surface area contributed by atoms with Crippen LogP contribution in [0.5, 0.6) is 0 Å². The number of thioether (sulfide) groups is 1. The van der Waals surface area contributed by atoms with Crippen molar-refractivity contribution in [3.63, 3.8) is 0 Å². The minimum Gasteiger partial charge on any atom is -0.413 e. The second kappa shape index (κ2) is 4.82. The molecule has 2 saturated heterocycles. The van der Waals surface area contributed by atoms with Gasteiger partial charge in [0.1, 0.15) is 6.10 Å². The predicted molar refractivity (Wildman–Crippen MR) is 65.1 cm³/mol. The van der Waals surface area contributed by atoms with Crippen molar-refractivity contribution in [1.82, 2.24) is 10.2 Å². The Kier molecular flexibility index (Phi) is 3.33. The molecule has 3 heterocycles. The van der Waals surface area contributed by atoms with Crippen molar-refractivity contribution in [2.24, 2.45) is 0 Å². The topological polar surface area (TPSA) is 82.3 Å². The van der Waals surface area contributed by atoms with Gasteiger partial charge in [-0.05, 0) is 19.3 Å². The van der Waals surface area contributed by atoms with Gasteiger partial charge in [-0.25, -0.2) is 8.42 Å². The number of sulfone groups is 1. The van der Waals surface area contributed by atoms with E-state index in [2.05, 4.69) is 10.2 Å². The van der Waals surface area contributed by atoms with Crippen LogP contribution in [0.3, 0.4) is 0 Å². The second-order valence-electron chi connectivity index (χ2n) is 4.55. The summed E-state index contributed by atoms with van der Waals surface area (Å²) in [5.74, 6) is 0.975. The Morgan fingerprint density at radius 3 is 2.83 bits per heavy atom. The van der Waals surface area contributed by atoms with Crippen LogP contribution in [0.1, 0.15) is 31.3 Å². The van der Waals surface area contributed by atoms with Crippen molar-refractivity contribution < 1.29 is 17.6 Å². The van der Waals surface area contributed by atoms with E-state index in [1.807, 2.05) is 0 Å². The summed E-state index contributed by atoms with van der Waals surface area (Å²) < 4.78 is 33.7. The number of rotatable bonds is 3. The fourth-order valence-corrected chi connectivity index (χ4v) is 5.50. The molecule has 6 nitrogen and oxygen atoms in total. The Hall–Kier alpha value is -0.600. The molecule has 18 heavy (non-hydrogen) atoms. The van der Waals surface area contributed by atoms with Crippen molar-refractivity contribution in [1.29, 1.82) is 0 Å². The van der Waals surface area contributed by atoms with Gasteiger partial charge < -0.3 is 9.15 Å². The molecular formula is C10H14N2O4S2. The molecule has 0 spiro atoms. The molecule has 0 amide bonds. The lowest BCUT2D eigenvalue weighted by atomic mass is 10.2. The van der Waals surface area contributed by atoms with E-state index in [1.54, 1.807) is 0 Å². The lowest BCUT2D eigenvalue weighted by Gasteiger charge is -2.03. The van der Waals surface area contributed by atoms with Gasteiger partial charge in [-0.2, -0.15) is 0 Å². The fourth-order valence-electron chi connectivity index (χ4n) is 2.17. The SMILES string of the molecule is O=S1(=O)CCC(Sc2nnc(C3CCCO3)o2)C1. The molecule has 2 atom stereocenters. The quantitative estimate of drug-likeness (QED) is 0.827. The molecule has 2 aliphatic heterocycles. The first-order chi connectivity index (χ1) is 8.62. The second-order valence-corrected chi connectivity index (χ2v) is 8.03. The van der Waals surface area contributed by atoms with E-state index in [1.165, 1.54) is 11.8 Å². The van der Waals surface area contributed by atoms with E-state index in [0.717, 1.165) is 19.4 Å². The van der Waals surface area contributed by atoms with Crippen molar-refractivity contribution in [2.45, 2.75) is 35.8 Å². The maximum Gasteiger partial charge on any atom is 0.276 e. The van der Waals surface area contributed by atoms with E-state index in [4.69, 9.17) is 9.15 Å². The minimum absolute atomic E-state index is 0.0350. The van der Waals surface area contributed by atoms with Crippen molar-refractivity contribution in [3.05, 3.63) is 5.89 Å². The van der Waals surface area contributed by atoms with Crippen LogP contribution in [0, 0.1) is 0 Å². The van der Waals surface area contributed by atoms with E-state index in [-0.39, 0.29) is 22.9 Å². The molecule has 100 valence electrons. The number of nitrogens with zero attached hydrogens (tertiary/aromatic N) is 2. The Morgan fingerprint density at radius 2 is 2.17 bits per heavy atom. The van der Waals surface area contributed by atoms with E-state index >= 15 is 0 Å². The highest BCUT2D eigenvalue weighted by atomic mass is 32.2. The molecule has 0 aliphatic carbocycles. The fraction of sp³-hybridized carbons (Fsp3) is 0.800. The summed E-state index contributed by atoms with van der Waals surface area (Å²) in [7, 11) is -2.86. The molecule has 3 rings (SSSR count). The summed E-state index contributed by atoms with van der Waals surface area (Å²) in [6.45, 7) is 0.733. The van der Waals surface area contributed by atoms with Crippen LogP contribution in [0.15, 0.2) is 9.64 Å². The van der Waals surface area contributed by atoms with E-state index in [0.29, 0.717) is 17.5 Å². The highest BCUT2D eigenvalue weighted by Crippen LogP contribution is 2.33. The lowest BCUT2D eigenvalue weighted by Crippen LogP contribution is -2.05. The van der Waals surface area contributed by atoms with Gasteiger partial charge in [-0.15, -0.1) is 10.2 Å². The van der Waals surface area contributed by atoms with Crippen molar-refractivity contribution >= 4 is 21.6 Å². The largest absolute Gasteiger partial charge is 0.413 e. The number of ether oxygens (including phenoxy) is 1. The molecule has 0 aromatic carbocycles. The summed E-state index contributed by atoms with van der Waals surface area (Å²) in [5, 5.41) is 8.39. The van der Waals surface area contributed by atoms with Gasteiger partial charge in [-0.3, -0.25) is 0 Å². The first-order valence-electron chi connectivity index (χ1n) is 5.94. The average Bonchev–Trinajstić information content (AvgIpc) is 2.99. The molecule has 2 aliphatic rings. The maximum absolute atomic E-state index is 11.3. The third-order valence-electron chi connectivity index (χ3n) is 3.09. The molecule has 1 aromatic rings. The average molecular weight is 290 g/mol. The zero-order valence-electron chi connectivity index (χ0n) is 9.74. The number of hydrogen-bond acceptors (Lipinski definition) is 7. The highest BCUT2D eigenvalue weighted by molar-refractivity contribution is 8.01. The molecule has 2 unspecified atom stereocenters. The van der Waals surface area contributed by atoms with E-state index in [9.17, 15) is 8.42 Å². The van der Waals surface area contributed by atoms with Crippen LogP contribution in [-0.4, -0.2) is 42.0 Å². The Balaban J connectivity index is 1.63. The van der Waals surface area contributed by atoms with Crippen LogP contribution < -0.4 is 0 Å². The minimum atomic E-state index is -2.86. The molecule has 0 saturated carbocycles. The third-order valence-corrected chi connectivity index (χ3v) is 6.17. The van der Waals surface area contributed by atoms with Gasteiger partial charge in [0.2, 0.25) is 5.89 Å². The van der Waals surface area contributed by atoms with Crippen molar-refractivity contribution in [2.75, 3.05) is 18.1 Å². The monoisotopic (exact) mass is 290 g/mol. The molecule has 2 fully saturated rings. The molecule has 0 bridgehead atoms. The summed E-state index contributed by atoms with van der Waals surface area (Å²) >= 11 is 1.36. The Bertz CT molecular complexity index is 522. The summed E-state index contributed by atoms with van der Waals surface area (Å²) in [6.07, 6.45) is 2.49.